The maximum atomic E-state index is 15.2. The summed E-state index contributed by atoms with van der Waals surface area (Å²) in [4.78, 5) is 17.2. The molecule has 2 aromatic carbocycles. The first-order valence-corrected chi connectivity index (χ1v) is 13.5. The SMILES string of the molecule is CN1CCC(c2ccc(Cc3ncc(F)c(-c4cc(F)c5c(c4)N(Cc4ccccn4)CCO5)n3)cc2F)CC1. The lowest BCUT2D eigenvalue weighted by Crippen LogP contribution is -2.33. The topological polar surface area (TPSA) is 54.4 Å². The van der Waals surface area contributed by atoms with E-state index in [4.69, 9.17) is 4.74 Å². The number of ether oxygens (including phenoxy) is 1. The van der Waals surface area contributed by atoms with Gasteiger partial charge >= 0.3 is 0 Å². The molecular weight excluding hydrogens is 515 g/mol. The van der Waals surface area contributed by atoms with Crippen molar-refractivity contribution < 1.29 is 17.9 Å². The number of piperidine rings is 1. The van der Waals surface area contributed by atoms with Gasteiger partial charge < -0.3 is 14.5 Å². The van der Waals surface area contributed by atoms with E-state index in [1.807, 2.05) is 35.2 Å². The zero-order chi connectivity index (χ0) is 27.6. The molecule has 9 heteroatoms. The molecular formula is C31H30F3N5O. The van der Waals surface area contributed by atoms with Crippen LogP contribution in [0.4, 0.5) is 18.9 Å². The first kappa shape index (κ1) is 26.3. The van der Waals surface area contributed by atoms with Gasteiger partial charge in [0.1, 0.15) is 23.9 Å². The Hall–Kier alpha value is -3.98. The monoisotopic (exact) mass is 545 g/mol. The molecule has 0 saturated carbocycles. The van der Waals surface area contributed by atoms with Crippen LogP contribution in [0.5, 0.6) is 5.75 Å². The van der Waals surface area contributed by atoms with Crippen LogP contribution in [-0.4, -0.2) is 53.1 Å². The second kappa shape index (κ2) is 11.3. The molecule has 0 bridgehead atoms. The summed E-state index contributed by atoms with van der Waals surface area (Å²) in [5.41, 5.74) is 3.03. The standard InChI is InChI=1S/C31H30F3N5O/c1-38-10-7-21(8-11-38)24-6-5-20(14-25(24)32)15-29-36-18-27(34)30(37-29)22-16-26(33)31-28(17-22)39(12-13-40-31)19-23-4-2-3-9-35-23/h2-6,9,14,16-18,21H,7-8,10-13,15,19H2,1H3. The third-order valence-corrected chi connectivity index (χ3v) is 7.70. The predicted octanol–water partition coefficient (Wildman–Crippen LogP) is 5.75. The Balaban J connectivity index is 1.26. The lowest BCUT2D eigenvalue weighted by atomic mass is 9.88. The van der Waals surface area contributed by atoms with Crippen molar-refractivity contribution in [1.82, 2.24) is 19.9 Å². The number of nitrogens with zero attached hydrogens (tertiary/aromatic N) is 5. The quantitative estimate of drug-likeness (QED) is 0.307. The Morgan fingerprint density at radius 3 is 2.55 bits per heavy atom. The van der Waals surface area contributed by atoms with E-state index in [1.165, 1.54) is 12.1 Å². The molecule has 4 heterocycles. The van der Waals surface area contributed by atoms with Crippen molar-refractivity contribution in [2.75, 3.05) is 38.2 Å². The predicted molar refractivity (Wildman–Crippen MR) is 147 cm³/mol. The van der Waals surface area contributed by atoms with Gasteiger partial charge in [0.15, 0.2) is 17.4 Å². The average Bonchev–Trinajstić information content (AvgIpc) is 2.96. The molecule has 206 valence electrons. The second-order valence-corrected chi connectivity index (χ2v) is 10.5. The minimum absolute atomic E-state index is 0.0153. The summed E-state index contributed by atoms with van der Waals surface area (Å²) in [6.07, 6.45) is 4.87. The van der Waals surface area contributed by atoms with Gasteiger partial charge in [-0.05, 0) is 80.4 Å². The molecule has 2 aliphatic heterocycles. The summed E-state index contributed by atoms with van der Waals surface area (Å²) in [7, 11) is 2.08. The summed E-state index contributed by atoms with van der Waals surface area (Å²) in [6, 6.07) is 13.8. The highest BCUT2D eigenvalue weighted by Gasteiger charge is 2.25. The third kappa shape index (κ3) is 5.51. The van der Waals surface area contributed by atoms with Gasteiger partial charge in [-0.3, -0.25) is 4.98 Å². The number of anilines is 1. The van der Waals surface area contributed by atoms with Gasteiger partial charge in [-0.15, -0.1) is 0 Å². The van der Waals surface area contributed by atoms with Crippen LogP contribution in [0, 0.1) is 17.5 Å². The summed E-state index contributed by atoms with van der Waals surface area (Å²) < 4.78 is 50.9. The van der Waals surface area contributed by atoms with Crippen molar-refractivity contribution in [1.29, 1.82) is 0 Å². The first-order chi connectivity index (χ1) is 19.4. The van der Waals surface area contributed by atoms with Gasteiger partial charge in [-0.2, -0.15) is 0 Å². The number of pyridine rings is 1. The molecule has 0 radical (unpaired) electrons. The Morgan fingerprint density at radius 2 is 1.77 bits per heavy atom. The minimum atomic E-state index is -0.667. The van der Waals surface area contributed by atoms with Crippen LogP contribution in [0.3, 0.4) is 0 Å². The number of aromatic nitrogens is 3. The molecule has 2 aromatic heterocycles. The lowest BCUT2D eigenvalue weighted by Gasteiger charge is -2.31. The molecule has 1 fully saturated rings. The zero-order valence-electron chi connectivity index (χ0n) is 22.3. The Kier molecular flexibility index (Phi) is 7.38. The highest BCUT2D eigenvalue weighted by atomic mass is 19.1. The Labute approximate surface area is 231 Å². The largest absolute Gasteiger partial charge is 0.486 e. The molecule has 40 heavy (non-hydrogen) atoms. The number of rotatable bonds is 6. The molecule has 0 unspecified atom stereocenters. The molecule has 6 rings (SSSR count). The number of likely N-dealkylation sites (tertiary alicyclic amines) is 1. The Bertz CT molecular complexity index is 1510. The lowest BCUT2D eigenvalue weighted by molar-refractivity contribution is 0.253. The number of halogens is 3. The summed E-state index contributed by atoms with van der Waals surface area (Å²) in [5.74, 6) is -0.842. The second-order valence-electron chi connectivity index (χ2n) is 10.5. The van der Waals surface area contributed by atoms with E-state index in [0.29, 0.717) is 36.8 Å². The average molecular weight is 546 g/mol. The number of fused-ring (bicyclic) bond motifs is 1. The maximum Gasteiger partial charge on any atom is 0.178 e. The van der Waals surface area contributed by atoms with E-state index < -0.39 is 11.6 Å². The molecule has 0 spiro atoms. The molecule has 0 aliphatic carbocycles. The maximum absolute atomic E-state index is 15.2. The van der Waals surface area contributed by atoms with Gasteiger partial charge in [-0.1, -0.05) is 18.2 Å². The van der Waals surface area contributed by atoms with Crippen LogP contribution in [0.1, 0.15) is 41.4 Å². The van der Waals surface area contributed by atoms with E-state index >= 15 is 8.78 Å². The van der Waals surface area contributed by atoms with Crippen LogP contribution in [0.15, 0.2) is 60.9 Å². The van der Waals surface area contributed by atoms with Crippen LogP contribution in [0.2, 0.25) is 0 Å². The number of hydrogen-bond acceptors (Lipinski definition) is 6. The van der Waals surface area contributed by atoms with Crippen LogP contribution >= 0.6 is 0 Å². The van der Waals surface area contributed by atoms with Gasteiger partial charge in [0.05, 0.1) is 30.7 Å². The van der Waals surface area contributed by atoms with Gasteiger partial charge in [0.25, 0.3) is 0 Å². The molecule has 2 aliphatic rings. The van der Waals surface area contributed by atoms with Crippen molar-refractivity contribution in [2.45, 2.75) is 31.7 Å². The van der Waals surface area contributed by atoms with Crippen LogP contribution < -0.4 is 9.64 Å². The van der Waals surface area contributed by atoms with Gasteiger partial charge in [-0.25, -0.2) is 23.1 Å². The van der Waals surface area contributed by atoms with Crippen molar-refractivity contribution in [3.8, 4) is 17.0 Å². The fourth-order valence-corrected chi connectivity index (χ4v) is 5.53. The van der Waals surface area contributed by atoms with Crippen LogP contribution in [-0.2, 0) is 13.0 Å². The van der Waals surface area contributed by atoms with Gasteiger partial charge in [0.2, 0.25) is 0 Å². The van der Waals surface area contributed by atoms with E-state index in [2.05, 4.69) is 26.9 Å². The third-order valence-electron chi connectivity index (χ3n) is 7.70. The van der Waals surface area contributed by atoms with Gasteiger partial charge in [0, 0.05) is 18.2 Å². The van der Waals surface area contributed by atoms with E-state index in [9.17, 15) is 4.39 Å². The van der Waals surface area contributed by atoms with E-state index in [1.54, 1.807) is 12.3 Å². The molecule has 4 aromatic rings. The molecule has 1 saturated heterocycles. The zero-order valence-corrected chi connectivity index (χ0v) is 22.3. The fourth-order valence-electron chi connectivity index (χ4n) is 5.53. The normalized spacial score (nSPS) is 16.1. The van der Waals surface area contributed by atoms with E-state index in [-0.39, 0.29) is 35.2 Å². The summed E-state index contributed by atoms with van der Waals surface area (Å²) in [6.45, 7) is 3.22. The summed E-state index contributed by atoms with van der Waals surface area (Å²) >= 11 is 0. The highest BCUT2D eigenvalue weighted by Crippen LogP contribution is 2.39. The molecule has 6 nitrogen and oxygen atoms in total. The fraction of sp³-hybridized carbons (Fsp3) is 0.323. The van der Waals surface area contributed by atoms with Crippen LogP contribution in [0.25, 0.3) is 11.3 Å². The van der Waals surface area contributed by atoms with Crippen molar-refractivity contribution in [2.24, 2.45) is 0 Å². The van der Waals surface area contributed by atoms with Crippen molar-refractivity contribution in [3.05, 3.63) is 101 Å². The molecule has 0 N–H and O–H groups in total. The highest BCUT2D eigenvalue weighted by molar-refractivity contribution is 5.72. The number of benzene rings is 2. The first-order valence-electron chi connectivity index (χ1n) is 13.5. The van der Waals surface area contributed by atoms with Crippen molar-refractivity contribution >= 4 is 5.69 Å². The Morgan fingerprint density at radius 1 is 0.925 bits per heavy atom. The smallest absolute Gasteiger partial charge is 0.178 e. The number of hydrogen-bond donors (Lipinski definition) is 0. The minimum Gasteiger partial charge on any atom is -0.486 e. The summed E-state index contributed by atoms with van der Waals surface area (Å²) in [5, 5.41) is 0. The van der Waals surface area contributed by atoms with E-state index in [0.717, 1.165) is 43.4 Å². The molecule has 0 amide bonds. The molecule has 0 atom stereocenters. The van der Waals surface area contributed by atoms with Crippen molar-refractivity contribution in [3.63, 3.8) is 0 Å².